The standard InChI is InChI=1S/C21H30N4O3/c1-4-6-7-8-12-28-18-11-10-16(13-19(18)27-3)15-22-25-21-23-17(9-5-2)14-20(26)24-21/h10-11,13-15H,4-9,12H2,1-3H3,(H2,23,24,25,26)/b22-15+. The third-order valence-electron chi connectivity index (χ3n) is 4.13. The molecular weight excluding hydrogens is 356 g/mol. The Bertz CT molecular complexity index is 818. The lowest BCUT2D eigenvalue weighted by atomic mass is 10.2. The number of H-pyrrole nitrogens is 1. The summed E-state index contributed by atoms with van der Waals surface area (Å²) in [5, 5.41) is 4.15. The van der Waals surface area contributed by atoms with E-state index in [9.17, 15) is 4.79 Å². The van der Waals surface area contributed by atoms with Gasteiger partial charge in [0.1, 0.15) is 0 Å². The molecular formula is C21H30N4O3. The molecule has 0 aliphatic heterocycles. The Balaban J connectivity index is 1.97. The average molecular weight is 386 g/mol. The molecule has 152 valence electrons. The molecule has 0 spiro atoms. The van der Waals surface area contributed by atoms with Gasteiger partial charge in [0.25, 0.3) is 5.56 Å². The van der Waals surface area contributed by atoms with Crippen LogP contribution in [0.2, 0.25) is 0 Å². The van der Waals surface area contributed by atoms with E-state index in [1.807, 2.05) is 25.1 Å². The second kappa shape index (κ2) is 11.8. The number of rotatable bonds is 12. The Morgan fingerprint density at radius 2 is 2.00 bits per heavy atom. The van der Waals surface area contributed by atoms with Crippen molar-refractivity contribution in [3.05, 3.63) is 45.9 Å². The number of nitrogens with zero attached hydrogens (tertiary/aromatic N) is 2. The van der Waals surface area contributed by atoms with Crippen molar-refractivity contribution in [1.82, 2.24) is 9.97 Å². The first-order chi connectivity index (χ1) is 13.7. The van der Waals surface area contributed by atoms with E-state index in [1.54, 1.807) is 13.3 Å². The quantitative estimate of drug-likeness (QED) is 0.325. The molecule has 0 aliphatic carbocycles. The minimum atomic E-state index is -0.196. The first-order valence-electron chi connectivity index (χ1n) is 9.86. The van der Waals surface area contributed by atoms with Gasteiger partial charge in [-0.1, -0.05) is 39.5 Å². The molecule has 0 aliphatic rings. The molecule has 7 heteroatoms. The molecule has 0 amide bonds. The fourth-order valence-electron chi connectivity index (χ4n) is 2.71. The van der Waals surface area contributed by atoms with Crippen molar-refractivity contribution in [3.8, 4) is 11.5 Å². The molecule has 0 unspecified atom stereocenters. The second-order valence-corrected chi connectivity index (χ2v) is 6.52. The van der Waals surface area contributed by atoms with Gasteiger partial charge in [-0.25, -0.2) is 10.4 Å². The molecule has 0 bridgehead atoms. The van der Waals surface area contributed by atoms with E-state index < -0.39 is 0 Å². The minimum Gasteiger partial charge on any atom is -0.493 e. The van der Waals surface area contributed by atoms with Crippen LogP contribution in [-0.4, -0.2) is 29.9 Å². The third-order valence-corrected chi connectivity index (χ3v) is 4.13. The maximum Gasteiger partial charge on any atom is 0.252 e. The summed E-state index contributed by atoms with van der Waals surface area (Å²) in [6.07, 6.45) is 7.95. The Morgan fingerprint density at radius 1 is 1.14 bits per heavy atom. The van der Waals surface area contributed by atoms with Gasteiger partial charge in [-0.15, -0.1) is 0 Å². The Kier molecular flexibility index (Phi) is 9.04. The Labute approximate surface area is 166 Å². The van der Waals surface area contributed by atoms with Gasteiger partial charge in [-0.2, -0.15) is 5.10 Å². The number of anilines is 1. The number of benzene rings is 1. The van der Waals surface area contributed by atoms with Gasteiger partial charge in [0.15, 0.2) is 11.5 Å². The zero-order chi connectivity index (χ0) is 20.2. The summed E-state index contributed by atoms with van der Waals surface area (Å²) in [7, 11) is 1.62. The van der Waals surface area contributed by atoms with Crippen molar-refractivity contribution < 1.29 is 9.47 Å². The molecule has 2 N–H and O–H groups in total. The third kappa shape index (κ3) is 7.06. The van der Waals surface area contributed by atoms with Crippen LogP contribution in [0.4, 0.5) is 5.95 Å². The number of aromatic amines is 1. The highest BCUT2D eigenvalue weighted by Crippen LogP contribution is 2.27. The highest BCUT2D eigenvalue weighted by molar-refractivity contribution is 5.81. The van der Waals surface area contributed by atoms with Crippen LogP contribution in [-0.2, 0) is 6.42 Å². The van der Waals surface area contributed by atoms with E-state index in [0.29, 0.717) is 18.3 Å². The zero-order valence-electron chi connectivity index (χ0n) is 17.0. The van der Waals surface area contributed by atoms with E-state index >= 15 is 0 Å². The summed E-state index contributed by atoms with van der Waals surface area (Å²) >= 11 is 0. The van der Waals surface area contributed by atoms with Crippen LogP contribution in [0.25, 0.3) is 0 Å². The Morgan fingerprint density at radius 3 is 2.75 bits per heavy atom. The number of aromatic nitrogens is 2. The molecule has 0 fully saturated rings. The number of unbranched alkanes of at least 4 members (excludes halogenated alkanes) is 3. The molecule has 2 rings (SSSR count). The summed E-state index contributed by atoms with van der Waals surface area (Å²) in [5.41, 5.74) is 4.16. The first-order valence-corrected chi connectivity index (χ1v) is 9.86. The molecule has 0 saturated heterocycles. The van der Waals surface area contributed by atoms with Crippen LogP contribution in [0.1, 0.15) is 57.2 Å². The fraction of sp³-hybridized carbons (Fsp3) is 0.476. The largest absolute Gasteiger partial charge is 0.493 e. The normalized spacial score (nSPS) is 11.0. The fourth-order valence-corrected chi connectivity index (χ4v) is 2.71. The van der Waals surface area contributed by atoms with Crippen molar-refractivity contribution in [2.24, 2.45) is 5.10 Å². The summed E-state index contributed by atoms with van der Waals surface area (Å²) in [4.78, 5) is 18.6. The lowest BCUT2D eigenvalue weighted by Gasteiger charge is -2.11. The van der Waals surface area contributed by atoms with Gasteiger partial charge in [-0.3, -0.25) is 9.78 Å². The van der Waals surface area contributed by atoms with Gasteiger partial charge < -0.3 is 9.47 Å². The van der Waals surface area contributed by atoms with Crippen LogP contribution in [0.15, 0.2) is 34.2 Å². The molecule has 7 nitrogen and oxygen atoms in total. The monoisotopic (exact) mass is 386 g/mol. The lowest BCUT2D eigenvalue weighted by Crippen LogP contribution is -2.12. The number of aryl methyl sites for hydroxylation is 1. The summed E-state index contributed by atoms with van der Waals surface area (Å²) < 4.78 is 11.2. The molecule has 0 radical (unpaired) electrons. The molecule has 0 saturated carbocycles. The van der Waals surface area contributed by atoms with Crippen molar-refractivity contribution in [2.75, 3.05) is 19.1 Å². The average Bonchev–Trinajstić information content (AvgIpc) is 2.68. The maximum absolute atomic E-state index is 11.7. The number of hydrogen-bond donors (Lipinski definition) is 2. The van der Waals surface area contributed by atoms with E-state index in [0.717, 1.165) is 36.3 Å². The van der Waals surface area contributed by atoms with E-state index in [4.69, 9.17) is 9.47 Å². The van der Waals surface area contributed by atoms with E-state index in [-0.39, 0.29) is 5.56 Å². The number of ether oxygens (including phenoxy) is 2. The minimum absolute atomic E-state index is 0.196. The number of nitrogens with one attached hydrogen (secondary N) is 2. The zero-order valence-corrected chi connectivity index (χ0v) is 17.0. The maximum atomic E-state index is 11.7. The predicted octanol–water partition coefficient (Wildman–Crippen LogP) is 4.14. The van der Waals surface area contributed by atoms with Gasteiger partial charge in [0.2, 0.25) is 5.95 Å². The highest BCUT2D eigenvalue weighted by atomic mass is 16.5. The molecule has 1 aromatic carbocycles. The van der Waals surface area contributed by atoms with Gasteiger partial charge in [0, 0.05) is 11.8 Å². The van der Waals surface area contributed by atoms with Crippen LogP contribution >= 0.6 is 0 Å². The van der Waals surface area contributed by atoms with Gasteiger partial charge in [0.05, 0.1) is 19.9 Å². The first kappa shape index (κ1) is 21.5. The number of hydrazone groups is 1. The van der Waals surface area contributed by atoms with Crippen molar-refractivity contribution >= 4 is 12.2 Å². The van der Waals surface area contributed by atoms with E-state index in [1.165, 1.54) is 25.3 Å². The molecule has 1 aromatic heterocycles. The topological polar surface area (TPSA) is 88.6 Å². The van der Waals surface area contributed by atoms with Crippen LogP contribution in [0.5, 0.6) is 11.5 Å². The highest BCUT2D eigenvalue weighted by Gasteiger charge is 2.05. The van der Waals surface area contributed by atoms with Crippen LogP contribution in [0, 0.1) is 0 Å². The van der Waals surface area contributed by atoms with Crippen LogP contribution < -0.4 is 20.5 Å². The molecule has 2 aromatic rings. The Hall–Kier alpha value is -2.83. The number of methoxy groups -OCH3 is 1. The van der Waals surface area contributed by atoms with Crippen molar-refractivity contribution in [1.29, 1.82) is 0 Å². The predicted molar refractivity (Wildman–Crippen MR) is 113 cm³/mol. The van der Waals surface area contributed by atoms with E-state index in [2.05, 4.69) is 27.4 Å². The SMILES string of the molecule is CCCCCCOc1ccc(/C=N/Nc2nc(CCC)cc(=O)[nH]2)cc1OC. The van der Waals surface area contributed by atoms with Gasteiger partial charge in [-0.05, 0) is 36.6 Å². The summed E-state index contributed by atoms with van der Waals surface area (Å²) in [6.45, 7) is 4.91. The summed E-state index contributed by atoms with van der Waals surface area (Å²) in [5.74, 6) is 1.71. The number of hydrogen-bond acceptors (Lipinski definition) is 6. The van der Waals surface area contributed by atoms with Gasteiger partial charge >= 0.3 is 0 Å². The van der Waals surface area contributed by atoms with Crippen molar-refractivity contribution in [3.63, 3.8) is 0 Å². The lowest BCUT2D eigenvalue weighted by molar-refractivity contribution is 0.285. The second-order valence-electron chi connectivity index (χ2n) is 6.52. The van der Waals surface area contributed by atoms with Crippen molar-refractivity contribution in [2.45, 2.75) is 52.4 Å². The van der Waals surface area contributed by atoms with Crippen LogP contribution in [0.3, 0.4) is 0 Å². The smallest absolute Gasteiger partial charge is 0.252 e. The molecule has 1 heterocycles. The molecule has 28 heavy (non-hydrogen) atoms. The molecule has 0 atom stereocenters. The summed E-state index contributed by atoms with van der Waals surface area (Å²) in [6, 6.07) is 7.14.